The normalized spacial score (nSPS) is 14.0. The van der Waals surface area contributed by atoms with Crippen LogP contribution in [0.2, 0.25) is 0 Å². The molecule has 0 saturated carbocycles. The van der Waals surface area contributed by atoms with Crippen LogP contribution in [0.5, 0.6) is 0 Å². The number of hydrogen-bond acceptors (Lipinski definition) is 1. The molecule has 0 radical (unpaired) electrons. The monoisotopic (exact) mass is 1020 g/mol. The molecule has 382 valence electrons. The summed E-state index contributed by atoms with van der Waals surface area (Å²) in [6, 6.07) is 94.1. The Bertz CT molecular complexity index is 4130. The third kappa shape index (κ3) is 7.57. The van der Waals surface area contributed by atoms with Crippen molar-refractivity contribution in [3.05, 3.63) is 293 Å². The van der Waals surface area contributed by atoms with Crippen LogP contribution < -0.4 is 4.90 Å². The Balaban J connectivity index is 0.896. The first-order chi connectivity index (χ1) is 38.2. The molecule has 0 N–H and O–H groups in total. The highest BCUT2D eigenvalue weighted by atomic mass is 15.1. The maximum Gasteiger partial charge on any atom is 0.0725 e. The van der Waals surface area contributed by atoms with E-state index >= 15 is 0 Å². The lowest BCUT2D eigenvalue weighted by molar-refractivity contribution is 0.586. The minimum absolute atomic E-state index is 0.000534. The Labute approximate surface area is 467 Å². The van der Waals surface area contributed by atoms with E-state index in [1.165, 1.54) is 122 Å². The molecule has 0 unspecified atom stereocenters. The van der Waals surface area contributed by atoms with Crippen LogP contribution in [0.3, 0.4) is 0 Å². The third-order valence-corrected chi connectivity index (χ3v) is 17.9. The van der Waals surface area contributed by atoms with E-state index in [2.05, 4.69) is 309 Å². The third-order valence-electron chi connectivity index (χ3n) is 17.9. The summed E-state index contributed by atoms with van der Waals surface area (Å²) in [6.07, 6.45) is 0. The number of rotatable bonds is 7. The van der Waals surface area contributed by atoms with Crippen molar-refractivity contribution in [3.8, 4) is 77.9 Å². The van der Waals surface area contributed by atoms with Crippen molar-refractivity contribution >= 4 is 17.1 Å². The minimum atomic E-state index is -0.437. The molecule has 0 heterocycles. The molecule has 11 aromatic carbocycles. The van der Waals surface area contributed by atoms with Crippen molar-refractivity contribution < 1.29 is 0 Å². The van der Waals surface area contributed by atoms with E-state index in [0.29, 0.717) is 0 Å². The fourth-order valence-corrected chi connectivity index (χ4v) is 13.7. The molecule has 3 aliphatic carbocycles. The fraction of sp³-hybridized carbons (Fsp3) is 0.154. The first-order valence-corrected chi connectivity index (χ1v) is 28.2. The van der Waals surface area contributed by atoms with Crippen LogP contribution in [0.4, 0.5) is 17.1 Å². The summed E-state index contributed by atoms with van der Waals surface area (Å²) in [5.74, 6) is 0. The highest BCUT2D eigenvalue weighted by molar-refractivity contribution is 6.00. The Hall–Kier alpha value is -8.78. The Kier molecular flexibility index (Phi) is 11.0. The van der Waals surface area contributed by atoms with Gasteiger partial charge in [-0.25, -0.2) is 0 Å². The molecule has 3 aliphatic rings. The summed E-state index contributed by atoms with van der Waals surface area (Å²) in [4.78, 5) is 2.46. The molecule has 0 fully saturated rings. The summed E-state index contributed by atoms with van der Waals surface area (Å²) in [6.45, 7) is 18.8. The van der Waals surface area contributed by atoms with Gasteiger partial charge >= 0.3 is 0 Å². The molecular formula is C78H65N. The summed E-state index contributed by atoms with van der Waals surface area (Å²) in [7, 11) is 0. The quantitative estimate of drug-likeness (QED) is 0.154. The van der Waals surface area contributed by atoms with E-state index in [-0.39, 0.29) is 16.2 Å². The van der Waals surface area contributed by atoms with Crippen LogP contribution in [0.15, 0.2) is 249 Å². The van der Waals surface area contributed by atoms with Gasteiger partial charge in [0.05, 0.1) is 11.1 Å². The number of fused-ring (bicyclic) bond motifs is 13. The average molecular weight is 1020 g/mol. The standard InChI is InChI=1S/C78H65N/c1-75(2,3)56-38-44-61-62-45-39-57(76(4,5)6)49-72(62)78(71(61)48-56)68-26-16-12-21-60(68)66-47-55(37-46-69(66)78)54-35-42-59(43-36-54)79(58-40-33-53(34-41-58)52-31-29-51(30-32-52)50-19-10-9-11-20-50)73-28-17-14-22-63(73)64-24-18-27-70-74(64)65-23-13-15-25-67(65)77(70,7)8/h9-49H,1-8H3. The second kappa shape index (κ2) is 17.9. The first-order valence-electron chi connectivity index (χ1n) is 28.2. The van der Waals surface area contributed by atoms with E-state index in [1.807, 2.05) is 0 Å². The van der Waals surface area contributed by atoms with Crippen molar-refractivity contribution in [3.63, 3.8) is 0 Å². The van der Waals surface area contributed by atoms with Crippen LogP contribution in [-0.4, -0.2) is 0 Å². The lowest BCUT2D eigenvalue weighted by Gasteiger charge is -2.32. The van der Waals surface area contributed by atoms with Crippen molar-refractivity contribution in [2.24, 2.45) is 0 Å². The minimum Gasteiger partial charge on any atom is -0.310 e. The number of anilines is 3. The zero-order valence-electron chi connectivity index (χ0n) is 46.6. The second-order valence-corrected chi connectivity index (χ2v) is 24.9. The Morgan fingerprint density at radius 1 is 0.278 bits per heavy atom. The van der Waals surface area contributed by atoms with Crippen LogP contribution >= 0.6 is 0 Å². The first kappa shape index (κ1) is 48.6. The topological polar surface area (TPSA) is 3.24 Å². The lowest BCUT2D eigenvalue weighted by Crippen LogP contribution is -2.27. The molecule has 0 aliphatic heterocycles. The highest BCUT2D eigenvalue weighted by Crippen LogP contribution is 2.64. The molecule has 1 spiro atoms. The van der Waals surface area contributed by atoms with Gasteiger partial charge in [0.25, 0.3) is 0 Å². The molecule has 0 saturated heterocycles. The van der Waals surface area contributed by atoms with Gasteiger partial charge in [0.2, 0.25) is 0 Å². The molecule has 0 amide bonds. The van der Waals surface area contributed by atoms with E-state index in [1.54, 1.807) is 0 Å². The Morgan fingerprint density at radius 2 is 0.696 bits per heavy atom. The number of benzene rings is 11. The fourth-order valence-electron chi connectivity index (χ4n) is 13.7. The average Bonchev–Trinajstić information content (AvgIpc) is 1.94. The van der Waals surface area contributed by atoms with Gasteiger partial charge in [0.15, 0.2) is 0 Å². The van der Waals surface area contributed by atoms with Gasteiger partial charge in [-0.15, -0.1) is 0 Å². The maximum absolute atomic E-state index is 2.54. The molecule has 0 atom stereocenters. The van der Waals surface area contributed by atoms with E-state index in [0.717, 1.165) is 17.1 Å². The van der Waals surface area contributed by atoms with Gasteiger partial charge in [-0.1, -0.05) is 268 Å². The van der Waals surface area contributed by atoms with Gasteiger partial charge in [-0.2, -0.15) is 0 Å². The van der Waals surface area contributed by atoms with Crippen molar-refractivity contribution in [1.82, 2.24) is 0 Å². The van der Waals surface area contributed by atoms with Crippen molar-refractivity contribution in [2.45, 2.75) is 77.0 Å². The predicted octanol–water partition coefficient (Wildman–Crippen LogP) is 21.1. The van der Waals surface area contributed by atoms with Gasteiger partial charge in [0, 0.05) is 22.4 Å². The maximum atomic E-state index is 2.54. The number of hydrogen-bond donors (Lipinski definition) is 0. The van der Waals surface area contributed by atoms with Gasteiger partial charge in [-0.05, 0) is 164 Å². The Morgan fingerprint density at radius 3 is 1.28 bits per heavy atom. The van der Waals surface area contributed by atoms with E-state index < -0.39 is 5.41 Å². The van der Waals surface area contributed by atoms with Crippen molar-refractivity contribution in [1.29, 1.82) is 0 Å². The molecule has 79 heavy (non-hydrogen) atoms. The second-order valence-electron chi connectivity index (χ2n) is 24.9. The van der Waals surface area contributed by atoms with Gasteiger partial charge in [-0.3, -0.25) is 0 Å². The summed E-state index contributed by atoms with van der Waals surface area (Å²) in [5, 5.41) is 0. The highest BCUT2D eigenvalue weighted by Gasteiger charge is 2.52. The van der Waals surface area contributed by atoms with Gasteiger partial charge in [0.1, 0.15) is 0 Å². The molecule has 11 aromatic rings. The summed E-state index contributed by atoms with van der Waals surface area (Å²) < 4.78 is 0. The molecular weight excluding hydrogens is 951 g/mol. The van der Waals surface area contributed by atoms with Crippen LogP contribution in [0.1, 0.15) is 99.9 Å². The van der Waals surface area contributed by atoms with E-state index in [4.69, 9.17) is 0 Å². The molecule has 0 aromatic heterocycles. The molecule has 0 bridgehead atoms. The largest absolute Gasteiger partial charge is 0.310 e. The molecule has 14 rings (SSSR count). The number of para-hydroxylation sites is 1. The summed E-state index contributed by atoms with van der Waals surface area (Å²) in [5.41, 5.74) is 31.4. The smallest absolute Gasteiger partial charge is 0.0725 e. The van der Waals surface area contributed by atoms with Crippen LogP contribution in [-0.2, 0) is 21.7 Å². The predicted molar refractivity (Wildman–Crippen MR) is 334 cm³/mol. The number of nitrogens with zero attached hydrogens (tertiary/aromatic N) is 1. The lowest BCUT2D eigenvalue weighted by atomic mass is 9.68. The summed E-state index contributed by atoms with van der Waals surface area (Å²) >= 11 is 0. The van der Waals surface area contributed by atoms with Crippen LogP contribution in [0.25, 0.3) is 77.9 Å². The zero-order valence-corrected chi connectivity index (χ0v) is 46.6. The SMILES string of the molecule is CC(C)(C)c1ccc2c(c1)C1(c3ccccc3-c3cc(-c4ccc(N(c5ccc(-c6ccc(-c7ccccc7)cc6)cc5)c5ccccc5-c5cccc6c5-c5ccccc5C6(C)C)cc4)ccc31)c1cc(C(C)(C)C)ccc1-2. The molecule has 1 heteroatoms. The van der Waals surface area contributed by atoms with Gasteiger partial charge < -0.3 is 4.90 Å². The van der Waals surface area contributed by atoms with Crippen LogP contribution in [0, 0.1) is 0 Å². The zero-order chi connectivity index (χ0) is 54.0. The van der Waals surface area contributed by atoms with E-state index in [9.17, 15) is 0 Å². The molecule has 1 nitrogen and oxygen atoms in total. The van der Waals surface area contributed by atoms with Crippen molar-refractivity contribution in [2.75, 3.05) is 4.90 Å².